The summed E-state index contributed by atoms with van der Waals surface area (Å²) in [5, 5.41) is 0. The van der Waals surface area contributed by atoms with Crippen molar-refractivity contribution in [1.82, 2.24) is 0 Å². The van der Waals surface area contributed by atoms with E-state index in [0.29, 0.717) is 42.5 Å². The predicted octanol–water partition coefficient (Wildman–Crippen LogP) is 3.44. The molecule has 3 rings (SSSR count). The van der Waals surface area contributed by atoms with E-state index in [9.17, 15) is 13.2 Å². The summed E-state index contributed by atoms with van der Waals surface area (Å²) < 4.78 is 38.6. The molecule has 0 saturated carbocycles. The van der Waals surface area contributed by atoms with Crippen molar-refractivity contribution in [2.75, 3.05) is 30.4 Å². The zero-order valence-electron chi connectivity index (χ0n) is 17.1. The number of hydrogen-bond acceptors (Lipinski definition) is 5. The van der Waals surface area contributed by atoms with Gasteiger partial charge in [-0.1, -0.05) is 13.8 Å². The highest BCUT2D eigenvalue weighted by molar-refractivity contribution is 7.92. The summed E-state index contributed by atoms with van der Waals surface area (Å²) >= 11 is 0. The Labute approximate surface area is 171 Å². The average Bonchev–Trinajstić information content (AvgIpc) is 2.69. The van der Waals surface area contributed by atoms with Crippen molar-refractivity contribution in [2.45, 2.75) is 31.6 Å². The van der Waals surface area contributed by atoms with Crippen LogP contribution in [0.4, 0.5) is 11.4 Å². The summed E-state index contributed by atoms with van der Waals surface area (Å²) in [6, 6.07) is 9.72. The minimum Gasteiger partial charge on any atom is -0.493 e. The number of amides is 1. The van der Waals surface area contributed by atoms with Crippen molar-refractivity contribution in [3.63, 3.8) is 0 Å². The molecule has 0 fully saturated rings. The van der Waals surface area contributed by atoms with Crippen LogP contribution in [0.2, 0.25) is 0 Å². The van der Waals surface area contributed by atoms with Crippen LogP contribution in [-0.2, 0) is 21.2 Å². The minimum absolute atomic E-state index is 0.0736. The zero-order valence-corrected chi connectivity index (χ0v) is 17.9. The van der Waals surface area contributed by atoms with Crippen LogP contribution in [-0.4, -0.2) is 35.1 Å². The molecule has 8 heteroatoms. The predicted molar refractivity (Wildman–Crippen MR) is 112 cm³/mol. The molecule has 0 radical (unpaired) electrons. The molecule has 0 bridgehead atoms. The smallest absolute Gasteiger partial charge is 0.262 e. The quantitative estimate of drug-likeness (QED) is 0.745. The van der Waals surface area contributed by atoms with Crippen LogP contribution in [0.1, 0.15) is 25.8 Å². The number of benzene rings is 2. The Balaban J connectivity index is 1.88. The maximum absolute atomic E-state index is 12.8. The van der Waals surface area contributed by atoms with Gasteiger partial charge < -0.3 is 14.4 Å². The number of carbonyl (C=O) groups is 1. The Morgan fingerprint density at radius 3 is 2.41 bits per heavy atom. The Morgan fingerprint density at radius 2 is 1.76 bits per heavy atom. The molecule has 0 saturated heterocycles. The van der Waals surface area contributed by atoms with Gasteiger partial charge in [0.05, 0.1) is 19.1 Å². The topological polar surface area (TPSA) is 84.9 Å². The maximum atomic E-state index is 12.8. The Hall–Kier alpha value is -2.74. The van der Waals surface area contributed by atoms with Crippen molar-refractivity contribution in [3.05, 3.63) is 42.0 Å². The third-order valence-corrected chi connectivity index (χ3v) is 6.12. The molecule has 1 aliphatic rings. The second kappa shape index (κ2) is 8.32. The van der Waals surface area contributed by atoms with E-state index in [-0.39, 0.29) is 10.8 Å². The van der Waals surface area contributed by atoms with Crippen LogP contribution in [0.25, 0.3) is 0 Å². The lowest BCUT2D eigenvalue weighted by Crippen LogP contribution is -2.37. The summed E-state index contributed by atoms with van der Waals surface area (Å²) in [5.74, 6) is 1.23. The number of sulfonamides is 1. The number of fused-ring (bicyclic) bond motifs is 1. The number of ether oxygens (including phenoxy) is 2. The highest BCUT2D eigenvalue weighted by atomic mass is 32.2. The summed E-state index contributed by atoms with van der Waals surface area (Å²) in [5.41, 5.74) is 2.26. The van der Waals surface area contributed by atoms with E-state index in [1.54, 1.807) is 29.2 Å². The molecule has 1 amide bonds. The number of methoxy groups -OCH3 is 2. The first-order chi connectivity index (χ1) is 13.7. The highest BCUT2D eigenvalue weighted by Gasteiger charge is 2.25. The molecular weight excluding hydrogens is 392 g/mol. The van der Waals surface area contributed by atoms with Crippen molar-refractivity contribution < 1.29 is 22.7 Å². The van der Waals surface area contributed by atoms with Crippen molar-refractivity contribution >= 4 is 27.3 Å². The van der Waals surface area contributed by atoms with E-state index < -0.39 is 10.0 Å². The molecule has 0 unspecified atom stereocenters. The van der Waals surface area contributed by atoms with E-state index in [4.69, 9.17) is 9.47 Å². The van der Waals surface area contributed by atoms with E-state index in [1.165, 1.54) is 26.4 Å². The van der Waals surface area contributed by atoms with Gasteiger partial charge in [0, 0.05) is 30.4 Å². The SMILES string of the molecule is COc1ccc(S(=O)(=O)Nc2ccc3c(c2)CCC(=O)N3CC(C)C)cc1OC. The molecule has 29 heavy (non-hydrogen) atoms. The Kier molecular flexibility index (Phi) is 6.02. The first-order valence-electron chi connectivity index (χ1n) is 9.43. The third kappa shape index (κ3) is 4.48. The second-order valence-corrected chi connectivity index (χ2v) is 9.05. The molecule has 156 valence electrons. The van der Waals surface area contributed by atoms with E-state index in [1.807, 2.05) is 0 Å². The van der Waals surface area contributed by atoms with Gasteiger partial charge in [0.1, 0.15) is 0 Å². The average molecular weight is 419 g/mol. The molecule has 7 nitrogen and oxygen atoms in total. The molecule has 0 atom stereocenters. The van der Waals surface area contributed by atoms with Gasteiger partial charge in [-0.15, -0.1) is 0 Å². The second-order valence-electron chi connectivity index (χ2n) is 7.36. The number of aryl methyl sites for hydroxylation is 1. The van der Waals surface area contributed by atoms with Gasteiger partial charge in [0.2, 0.25) is 5.91 Å². The van der Waals surface area contributed by atoms with Crippen LogP contribution in [0.15, 0.2) is 41.3 Å². The number of hydrogen-bond donors (Lipinski definition) is 1. The van der Waals surface area contributed by atoms with Gasteiger partial charge in [0.25, 0.3) is 10.0 Å². The fourth-order valence-corrected chi connectivity index (χ4v) is 4.45. The van der Waals surface area contributed by atoms with Gasteiger partial charge in [-0.05, 0) is 48.2 Å². The van der Waals surface area contributed by atoms with E-state index in [0.717, 1.165) is 11.3 Å². The van der Waals surface area contributed by atoms with Gasteiger partial charge in [-0.3, -0.25) is 9.52 Å². The van der Waals surface area contributed by atoms with Gasteiger partial charge in [-0.25, -0.2) is 8.42 Å². The number of nitrogens with one attached hydrogen (secondary N) is 1. The Morgan fingerprint density at radius 1 is 1.03 bits per heavy atom. The molecule has 1 N–H and O–H groups in total. The van der Waals surface area contributed by atoms with Crippen LogP contribution in [0.3, 0.4) is 0 Å². The van der Waals surface area contributed by atoms with E-state index in [2.05, 4.69) is 18.6 Å². The molecule has 2 aromatic carbocycles. The highest BCUT2D eigenvalue weighted by Crippen LogP contribution is 2.33. The molecule has 0 spiro atoms. The third-order valence-electron chi connectivity index (χ3n) is 4.74. The first-order valence-corrected chi connectivity index (χ1v) is 10.9. The monoisotopic (exact) mass is 418 g/mol. The molecule has 1 heterocycles. The minimum atomic E-state index is -3.81. The van der Waals surface area contributed by atoms with Crippen LogP contribution in [0.5, 0.6) is 11.5 Å². The summed E-state index contributed by atoms with van der Waals surface area (Å²) in [6.45, 7) is 4.77. The van der Waals surface area contributed by atoms with Crippen molar-refractivity contribution in [3.8, 4) is 11.5 Å². The summed E-state index contributed by atoms with van der Waals surface area (Å²) in [7, 11) is -0.862. The van der Waals surface area contributed by atoms with Crippen LogP contribution >= 0.6 is 0 Å². The van der Waals surface area contributed by atoms with Crippen LogP contribution in [0, 0.1) is 5.92 Å². The Bertz CT molecular complexity index is 1020. The first kappa shape index (κ1) is 21.0. The van der Waals surface area contributed by atoms with Gasteiger partial charge in [-0.2, -0.15) is 0 Å². The lowest BCUT2D eigenvalue weighted by atomic mass is 9.99. The summed E-state index contributed by atoms with van der Waals surface area (Å²) in [4.78, 5) is 14.2. The number of rotatable bonds is 7. The number of nitrogens with zero attached hydrogens (tertiary/aromatic N) is 1. The fraction of sp³-hybridized carbons (Fsp3) is 0.381. The molecule has 1 aliphatic heterocycles. The molecule has 0 aromatic heterocycles. The van der Waals surface area contributed by atoms with Gasteiger partial charge >= 0.3 is 0 Å². The number of carbonyl (C=O) groups excluding carboxylic acids is 1. The summed E-state index contributed by atoms with van der Waals surface area (Å²) in [6.07, 6.45) is 1.01. The van der Waals surface area contributed by atoms with Gasteiger partial charge in [0.15, 0.2) is 11.5 Å². The molecular formula is C21H26N2O5S. The van der Waals surface area contributed by atoms with Crippen molar-refractivity contribution in [2.24, 2.45) is 5.92 Å². The fourth-order valence-electron chi connectivity index (χ4n) is 3.39. The van der Waals surface area contributed by atoms with Crippen LogP contribution < -0.4 is 19.1 Å². The lowest BCUT2D eigenvalue weighted by molar-refractivity contribution is -0.119. The van der Waals surface area contributed by atoms with Crippen molar-refractivity contribution in [1.29, 1.82) is 0 Å². The molecule has 0 aliphatic carbocycles. The normalized spacial score (nSPS) is 14.0. The van der Waals surface area contributed by atoms with E-state index >= 15 is 0 Å². The lowest BCUT2D eigenvalue weighted by Gasteiger charge is -2.31. The largest absolute Gasteiger partial charge is 0.493 e. The standard InChI is InChI=1S/C21H26N2O5S/c1-14(2)13-23-18-8-6-16(11-15(18)5-10-21(23)24)22-29(25,26)17-7-9-19(27-3)20(12-17)28-4/h6-9,11-12,14,22H,5,10,13H2,1-4H3. The maximum Gasteiger partial charge on any atom is 0.262 e. The zero-order chi connectivity index (χ0) is 21.2. The molecule has 2 aromatic rings. The number of anilines is 2.